The van der Waals surface area contributed by atoms with Gasteiger partial charge in [0.2, 0.25) is 21.8 Å². The van der Waals surface area contributed by atoms with Gasteiger partial charge in [0.1, 0.15) is 6.61 Å². The minimum absolute atomic E-state index is 0.0298. The smallest absolute Gasteiger partial charge is 0.246 e. The van der Waals surface area contributed by atoms with Crippen LogP contribution < -0.4 is 15.8 Å². The molecule has 3 aliphatic carbocycles. The van der Waals surface area contributed by atoms with E-state index in [9.17, 15) is 18.0 Å². The van der Waals surface area contributed by atoms with Gasteiger partial charge >= 0.3 is 0 Å². The molecule has 238 valence electrons. The van der Waals surface area contributed by atoms with Gasteiger partial charge in [0.25, 0.3) is 0 Å². The van der Waals surface area contributed by atoms with Gasteiger partial charge < -0.3 is 29.7 Å². The molecule has 4 N–H and O–H groups in total. The van der Waals surface area contributed by atoms with E-state index < -0.39 is 15.3 Å². The first-order chi connectivity index (χ1) is 20.2. The fraction of sp³-hybridized carbons (Fsp3) is 0.933. The van der Waals surface area contributed by atoms with Gasteiger partial charge in [0.15, 0.2) is 0 Å². The first-order valence-electron chi connectivity index (χ1n) is 16.2. The Balaban J connectivity index is 1.01. The predicted molar refractivity (Wildman–Crippen MR) is 156 cm³/mol. The van der Waals surface area contributed by atoms with Crippen LogP contribution in [0.2, 0.25) is 0 Å². The van der Waals surface area contributed by atoms with E-state index in [-0.39, 0.29) is 60.7 Å². The van der Waals surface area contributed by atoms with Crippen LogP contribution in [-0.2, 0) is 33.8 Å². The molecule has 12 heteroatoms. The van der Waals surface area contributed by atoms with Crippen molar-refractivity contribution in [2.45, 2.75) is 112 Å². The van der Waals surface area contributed by atoms with E-state index in [0.717, 1.165) is 64.3 Å². The molecule has 0 aromatic carbocycles. The third kappa shape index (κ3) is 5.76. The largest absolute Gasteiger partial charge is 0.379 e. The summed E-state index contributed by atoms with van der Waals surface area (Å²) in [5.41, 5.74) is 0. The van der Waals surface area contributed by atoms with Crippen LogP contribution in [0.3, 0.4) is 0 Å². The third-order valence-corrected chi connectivity index (χ3v) is 13.2. The Morgan fingerprint density at radius 1 is 1.00 bits per heavy atom. The lowest BCUT2D eigenvalue weighted by atomic mass is 9.64. The van der Waals surface area contributed by atoms with Crippen molar-refractivity contribution >= 4 is 21.8 Å². The fourth-order valence-corrected chi connectivity index (χ4v) is 10.8. The minimum atomic E-state index is -3.45. The Bertz CT molecular complexity index is 1100. The number of nitrogens with zero attached hydrogens (tertiary/aromatic N) is 1. The molecular weight excluding hydrogens is 560 g/mol. The molecule has 3 aliphatic heterocycles. The van der Waals surface area contributed by atoms with Crippen LogP contribution in [0.5, 0.6) is 0 Å². The highest BCUT2D eigenvalue weighted by Crippen LogP contribution is 2.54. The van der Waals surface area contributed by atoms with Crippen molar-refractivity contribution in [1.82, 2.24) is 15.5 Å². The van der Waals surface area contributed by atoms with Crippen LogP contribution in [0.1, 0.15) is 70.6 Å². The number of ether oxygens (including phenoxy) is 3. The molecule has 3 heterocycles. The van der Waals surface area contributed by atoms with Crippen molar-refractivity contribution in [3.05, 3.63) is 0 Å². The number of hydrogen-bond donors (Lipinski definition) is 3. The number of rotatable bonds is 9. The molecule has 0 bridgehead atoms. The summed E-state index contributed by atoms with van der Waals surface area (Å²) < 4.78 is 41.0. The number of piperidine rings is 2. The Labute approximate surface area is 250 Å². The molecule has 6 aliphatic rings. The molecule has 3 saturated carbocycles. The summed E-state index contributed by atoms with van der Waals surface area (Å²) in [5, 5.41) is 11.7. The second-order valence-corrected chi connectivity index (χ2v) is 15.6. The summed E-state index contributed by atoms with van der Waals surface area (Å²) in [6.07, 6.45) is 9.12. The topological polar surface area (TPSA) is 149 Å². The molecule has 42 heavy (non-hydrogen) atoms. The number of sulfonamides is 1. The number of methoxy groups -OCH3 is 2. The lowest BCUT2D eigenvalue weighted by molar-refractivity contribution is -0.175. The Morgan fingerprint density at radius 2 is 1.79 bits per heavy atom. The number of amides is 2. The van der Waals surface area contributed by atoms with Gasteiger partial charge in [-0.1, -0.05) is 0 Å². The number of nitrogens with one attached hydrogen (secondary N) is 2. The van der Waals surface area contributed by atoms with Crippen molar-refractivity contribution in [3.8, 4) is 0 Å². The average Bonchev–Trinajstić information content (AvgIpc) is 3.32. The Morgan fingerprint density at radius 3 is 2.50 bits per heavy atom. The van der Waals surface area contributed by atoms with E-state index in [4.69, 9.17) is 19.3 Å². The highest BCUT2D eigenvalue weighted by molar-refractivity contribution is 7.89. The van der Waals surface area contributed by atoms with Gasteiger partial charge in [0, 0.05) is 32.8 Å². The first kappa shape index (κ1) is 30.7. The molecule has 0 radical (unpaired) electrons. The van der Waals surface area contributed by atoms with Gasteiger partial charge in [-0.05, 0) is 101 Å². The summed E-state index contributed by atoms with van der Waals surface area (Å²) in [4.78, 5) is 29.0. The second-order valence-electron chi connectivity index (χ2n) is 13.8. The summed E-state index contributed by atoms with van der Waals surface area (Å²) >= 11 is 0. The SMILES string of the molecule is COC1CCC2C3NCCC4C5CC(OCC(=O)NCCC6CCC(S(N)(=O)=O)CC6)CCC5N(C(=O)C2C1OC)C43. The lowest BCUT2D eigenvalue weighted by Gasteiger charge is -2.55. The van der Waals surface area contributed by atoms with Crippen LogP contribution >= 0.6 is 0 Å². The molecule has 0 aromatic rings. The summed E-state index contributed by atoms with van der Waals surface area (Å²) in [7, 11) is -0.0172. The number of fused-ring (bicyclic) bond motifs is 5. The highest BCUT2D eigenvalue weighted by atomic mass is 32.2. The highest BCUT2D eigenvalue weighted by Gasteiger charge is 2.64. The van der Waals surface area contributed by atoms with Crippen LogP contribution in [0.4, 0.5) is 0 Å². The van der Waals surface area contributed by atoms with Crippen LogP contribution in [0.25, 0.3) is 0 Å². The Hall–Kier alpha value is -1.31. The van der Waals surface area contributed by atoms with Crippen molar-refractivity contribution in [1.29, 1.82) is 0 Å². The Kier molecular flexibility index (Phi) is 9.21. The van der Waals surface area contributed by atoms with Crippen molar-refractivity contribution < 1.29 is 32.2 Å². The average molecular weight is 611 g/mol. The van der Waals surface area contributed by atoms with E-state index in [1.54, 1.807) is 14.2 Å². The fourth-order valence-electron chi connectivity index (χ4n) is 9.90. The molecule has 10 unspecified atom stereocenters. The number of nitrogens with two attached hydrogens (primary N) is 1. The lowest BCUT2D eigenvalue weighted by Crippen LogP contribution is -2.70. The summed E-state index contributed by atoms with van der Waals surface area (Å²) in [6.45, 7) is 1.61. The van der Waals surface area contributed by atoms with Crippen molar-refractivity contribution in [2.24, 2.45) is 34.7 Å². The van der Waals surface area contributed by atoms with Gasteiger partial charge in [-0.3, -0.25) is 9.59 Å². The number of primary sulfonamides is 1. The molecular formula is C30H50N4O7S. The van der Waals surface area contributed by atoms with Crippen LogP contribution in [0, 0.1) is 29.6 Å². The molecule has 10 atom stereocenters. The van der Waals surface area contributed by atoms with Crippen molar-refractivity contribution in [2.75, 3.05) is 33.9 Å². The maximum atomic E-state index is 14.2. The van der Waals surface area contributed by atoms with Gasteiger partial charge in [-0.25, -0.2) is 13.6 Å². The molecule has 0 spiro atoms. The zero-order valence-corrected chi connectivity index (χ0v) is 25.9. The number of carbonyl (C=O) groups excluding carboxylic acids is 2. The molecule has 11 nitrogen and oxygen atoms in total. The molecule has 6 fully saturated rings. The molecule has 6 rings (SSSR count). The maximum absolute atomic E-state index is 14.2. The second kappa shape index (κ2) is 12.6. The molecule has 0 aromatic heterocycles. The number of hydrogen-bond acceptors (Lipinski definition) is 8. The maximum Gasteiger partial charge on any atom is 0.246 e. The van der Waals surface area contributed by atoms with Gasteiger partial charge in [0.05, 0.1) is 35.5 Å². The number of carbonyl (C=O) groups is 2. The monoisotopic (exact) mass is 610 g/mol. The minimum Gasteiger partial charge on any atom is -0.379 e. The zero-order chi connectivity index (χ0) is 29.6. The van der Waals surface area contributed by atoms with Crippen LogP contribution in [0.15, 0.2) is 0 Å². The van der Waals surface area contributed by atoms with E-state index in [2.05, 4.69) is 15.5 Å². The zero-order valence-electron chi connectivity index (χ0n) is 25.1. The molecule has 3 saturated heterocycles. The van der Waals surface area contributed by atoms with Gasteiger partial charge in [-0.15, -0.1) is 0 Å². The van der Waals surface area contributed by atoms with E-state index in [1.807, 2.05) is 0 Å². The predicted octanol–water partition coefficient (Wildman–Crippen LogP) is 1.15. The van der Waals surface area contributed by atoms with E-state index >= 15 is 0 Å². The molecule has 2 amide bonds. The van der Waals surface area contributed by atoms with Gasteiger partial charge in [-0.2, -0.15) is 0 Å². The normalized spacial score (nSPS) is 43.3. The van der Waals surface area contributed by atoms with E-state index in [0.29, 0.717) is 43.2 Å². The first-order valence-corrected chi connectivity index (χ1v) is 17.8. The van der Waals surface area contributed by atoms with Crippen LogP contribution in [-0.4, -0.2) is 101 Å². The van der Waals surface area contributed by atoms with Crippen molar-refractivity contribution in [3.63, 3.8) is 0 Å². The summed E-state index contributed by atoms with van der Waals surface area (Å²) in [6, 6.07) is 0.767. The van der Waals surface area contributed by atoms with E-state index in [1.165, 1.54) is 0 Å². The third-order valence-electron chi connectivity index (χ3n) is 11.8. The quantitative estimate of drug-likeness (QED) is 0.352. The summed E-state index contributed by atoms with van der Waals surface area (Å²) in [5.74, 6) is 1.56. The standard InChI is InChI=1S/C30H50N4O7S/c1-39-24-10-8-21-26(29(24)40-2)30(36)34-23-9-5-18(15-22(23)20-12-14-33-27(21)28(20)34)41-16-25(35)32-13-11-17-3-6-19(7-4-17)42(31,37)38/h17-24,26-29,33H,3-16H2,1-2H3,(H,32,35)(H2,31,37,38).